The number of aliphatic hydroxyl groups excluding tert-OH is 2. The first-order chi connectivity index (χ1) is 14.5. The van der Waals surface area contributed by atoms with Crippen LogP contribution in [0.5, 0.6) is 0 Å². The average Bonchev–Trinajstić information content (AvgIpc) is 2.97. The van der Waals surface area contributed by atoms with Crippen LogP contribution in [0.25, 0.3) is 0 Å². The quantitative estimate of drug-likeness (QED) is 0.513. The lowest BCUT2D eigenvalue weighted by molar-refractivity contribution is -0.160. The first-order valence-electron chi connectivity index (χ1n) is 10.5. The van der Waals surface area contributed by atoms with Gasteiger partial charge in [0.15, 0.2) is 5.76 Å². The van der Waals surface area contributed by atoms with Crippen LogP contribution < -0.4 is 0 Å². The van der Waals surface area contributed by atoms with Crippen LogP contribution in [0.4, 0.5) is 0 Å². The van der Waals surface area contributed by atoms with E-state index in [1.165, 1.54) is 14.0 Å². The van der Waals surface area contributed by atoms with Crippen LogP contribution >= 0.6 is 0 Å². The van der Waals surface area contributed by atoms with Gasteiger partial charge in [-0.1, -0.05) is 13.5 Å². The Morgan fingerprint density at radius 2 is 1.97 bits per heavy atom. The van der Waals surface area contributed by atoms with E-state index in [9.17, 15) is 24.6 Å². The minimum absolute atomic E-state index is 0.00855. The predicted octanol–water partition coefficient (Wildman–Crippen LogP) is 1.92. The Kier molecular flexibility index (Phi) is 4.94. The Morgan fingerprint density at radius 3 is 2.58 bits per heavy atom. The highest BCUT2D eigenvalue weighted by Gasteiger charge is 2.64. The zero-order valence-electron chi connectivity index (χ0n) is 18.2. The molecule has 0 spiro atoms. The largest absolute Gasteiger partial charge is 0.504 e. The molecule has 0 aromatic heterocycles. The monoisotopic (exact) mass is 432 g/mol. The zero-order valence-corrected chi connectivity index (χ0v) is 18.2. The minimum Gasteiger partial charge on any atom is -0.504 e. The number of cyclic esters (lactones) is 1. The number of methoxy groups -OCH3 is 1. The van der Waals surface area contributed by atoms with Crippen molar-refractivity contribution in [2.45, 2.75) is 58.3 Å². The standard InChI is InChI=1S/C23H28O8/c1-10-17-20(27)19(26)16-12-6-7-14(25)22(12,3)8-13(30-11(2)24)18(16)23(17,4)15(9-29-5)31-21(10)28/h12-15,25,27H,1,6-9H2,2-5H3. The molecule has 2 N–H and O–H groups in total. The van der Waals surface area contributed by atoms with Crippen molar-refractivity contribution < 1.29 is 38.8 Å². The normalized spacial score (nSPS) is 39.7. The third-order valence-corrected chi connectivity index (χ3v) is 7.71. The van der Waals surface area contributed by atoms with E-state index in [2.05, 4.69) is 6.58 Å². The lowest BCUT2D eigenvalue weighted by Gasteiger charge is -2.53. The number of esters is 2. The molecule has 1 saturated carbocycles. The Bertz CT molecular complexity index is 959. The Labute approximate surface area is 180 Å². The number of carbonyl (C=O) groups is 3. The zero-order chi connectivity index (χ0) is 22.9. The summed E-state index contributed by atoms with van der Waals surface area (Å²) in [6.07, 6.45) is -0.999. The third-order valence-electron chi connectivity index (χ3n) is 7.71. The van der Waals surface area contributed by atoms with Gasteiger partial charge in [-0.05, 0) is 37.7 Å². The van der Waals surface area contributed by atoms with Gasteiger partial charge < -0.3 is 24.4 Å². The van der Waals surface area contributed by atoms with Crippen molar-refractivity contribution in [2.75, 3.05) is 13.7 Å². The maximum atomic E-state index is 13.5. The number of carbonyl (C=O) groups excluding carboxylic acids is 3. The number of hydrogen-bond acceptors (Lipinski definition) is 8. The van der Waals surface area contributed by atoms with Gasteiger partial charge in [0.25, 0.3) is 0 Å². The smallest absolute Gasteiger partial charge is 0.338 e. The van der Waals surface area contributed by atoms with E-state index in [1.807, 2.05) is 6.92 Å². The van der Waals surface area contributed by atoms with Crippen molar-refractivity contribution in [2.24, 2.45) is 16.7 Å². The minimum atomic E-state index is -1.18. The van der Waals surface area contributed by atoms with Crippen molar-refractivity contribution in [3.05, 3.63) is 34.6 Å². The van der Waals surface area contributed by atoms with Crippen LogP contribution in [0.2, 0.25) is 0 Å². The molecule has 8 nitrogen and oxygen atoms in total. The number of Topliss-reactive ketones (excluding diaryl/α,β-unsaturated/α-hetero) is 1. The van der Waals surface area contributed by atoms with Crippen molar-refractivity contribution in [1.82, 2.24) is 0 Å². The van der Waals surface area contributed by atoms with Gasteiger partial charge in [-0.2, -0.15) is 0 Å². The summed E-state index contributed by atoms with van der Waals surface area (Å²) in [5.74, 6) is -2.75. The topological polar surface area (TPSA) is 119 Å². The molecule has 8 heteroatoms. The van der Waals surface area contributed by atoms with Crippen LogP contribution in [-0.4, -0.2) is 60.0 Å². The fraction of sp³-hybridized carbons (Fsp3) is 0.609. The summed E-state index contributed by atoms with van der Waals surface area (Å²) < 4.78 is 16.6. The molecule has 1 saturated heterocycles. The van der Waals surface area contributed by atoms with E-state index in [1.54, 1.807) is 6.92 Å². The first-order valence-corrected chi connectivity index (χ1v) is 10.5. The molecule has 4 aliphatic rings. The molecule has 6 unspecified atom stereocenters. The molecule has 1 heterocycles. The maximum absolute atomic E-state index is 13.5. The van der Waals surface area contributed by atoms with Crippen molar-refractivity contribution in [1.29, 1.82) is 0 Å². The summed E-state index contributed by atoms with van der Waals surface area (Å²) >= 11 is 0. The molecular formula is C23H28O8. The van der Waals surface area contributed by atoms with Gasteiger partial charge in [-0.15, -0.1) is 0 Å². The lowest BCUT2D eigenvalue weighted by atomic mass is 9.53. The van der Waals surface area contributed by atoms with Crippen LogP contribution in [0.1, 0.15) is 40.0 Å². The van der Waals surface area contributed by atoms with Gasteiger partial charge in [0.05, 0.1) is 23.7 Å². The fourth-order valence-electron chi connectivity index (χ4n) is 6.21. The number of ether oxygens (including phenoxy) is 3. The summed E-state index contributed by atoms with van der Waals surface area (Å²) in [6.45, 7) is 8.70. The summed E-state index contributed by atoms with van der Waals surface area (Å²) in [6, 6.07) is 0. The van der Waals surface area contributed by atoms with E-state index in [-0.39, 0.29) is 23.7 Å². The first kappa shape index (κ1) is 21.8. The van der Waals surface area contributed by atoms with Gasteiger partial charge in [0, 0.05) is 30.6 Å². The molecule has 0 bridgehead atoms. The average molecular weight is 432 g/mol. The summed E-state index contributed by atoms with van der Waals surface area (Å²) in [4.78, 5) is 38.0. The second-order valence-corrected chi connectivity index (χ2v) is 9.36. The van der Waals surface area contributed by atoms with Gasteiger partial charge in [-0.25, -0.2) is 4.79 Å². The molecule has 3 aliphatic carbocycles. The van der Waals surface area contributed by atoms with E-state index in [0.29, 0.717) is 30.4 Å². The number of fused-ring (bicyclic) bond motifs is 4. The van der Waals surface area contributed by atoms with Gasteiger partial charge in [-0.3, -0.25) is 9.59 Å². The molecule has 0 aromatic rings. The SMILES string of the molecule is C=C1C(=O)OC(COC)C2(C)C1=C(O)C(=O)C1=C2C(OC(C)=O)CC2(C)C(O)CCC12. The van der Waals surface area contributed by atoms with Gasteiger partial charge >= 0.3 is 11.9 Å². The molecule has 0 radical (unpaired) electrons. The van der Waals surface area contributed by atoms with Gasteiger partial charge in [0.2, 0.25) is 5.78 Å². The predicted molar refractivity (Wildman–Crippen MR) is 108 cm³/mol. The highest BCUT2D eigenvalue weighted by Crippen LogP contribution is 2.63. The molecule has 2 fully saturated rings. The summed E-state index contributed by atoms with van der Waals surface area (Å²) in [7, 11) is 1.46. The highest BCUT2D eigenvalue weighted by molar-refractivity contribution is 6.13. The molecule has 1 aliphatic heterocycles. The molecule has 168 valence electrons. The number of allylic oxidation sites excluding steroid dienone is 1. The van der Waals surface area contributed by atoms with E-state index in [4.69, 9.17) is 14.2 Å². The summed E-state index contributed by atoms with van der Waals surface area (Å²) in [5, 5.41) is 21.7. The Morgan fingerprint density at radius 1 is 1.29 bits per heavy atom. The van der Waals surface area contributed by atoms with Gasteiger partial charge in [0.1, 0.15) is 12.2 Å². The maximum Gasteiger partial charge on any atom is 0.338 e. The van der Waals surface area contributed by atoms with Crippen LogP contribution in [0.3, 0.4) is 0 Å². The molecule has 4 rings (SSSR count). The fourth-order valence-corrected chi connectivity index (χ4v) is 6.21. The second-order valence-electron chi connectivity index (χ2n) is 9.36. The Balaban J connectivity index is 2.01. The van der Waals surface area contributed by atoms with Crippen LogP contribution in [-0.2, 0) is 28.6 Å². The van der Waals surface area contributed by atoms with Crippen molar-refractivity contribution >= 4 is 17.7 Å². The molecule has 6 atom stereocenters. The molecule has 0 amide bonds. The second kappa shape index (κ2) is 7.03. The van der Waals surface area contributed by atoms with E-state index < -0.39 is 52.6 Å². The molecular weight excluding hydrogens is 404 g/mol. The van der Waals surface area contributed by atoms with E-state index >= 15 is 0 Å². The number of aliphatic hydroxyl groups is 2. The van der Waals surface area contributed by atoms with Crippen molar-refractivity contribution in [3.8, 4) is 0 Å². The molecule has 0 aromatic carbocycles. The van der Waals surface area contributed by atoms with E-state index in [0.717, 1.165) is 0 Å². The Hall–Kier alpha value is -2.45. The number of rotatable bonds is 3. The van der Waals surface area contributed by atoms with Crippen LogP contribution in [0, 0.1) is 16.7 Å². The van der Waals surface area contributed by atoms with Crippen molar-refractivity contribution in [3.63, 3.8) is 0 Å². The summed E-state index contributed by atoms with van der Waals surface area (Å²) in [5.41, 5.74) is -1.03. The lowest BCUT2D eigenvalue weighted by Crippen LogP contribution is -2.57. The molecule has 31 heavy (non-hydrogen) atoms. The number of hydrogen-bond donors (Lipinski definition) is 2. The van der Waals surface area contributed by atoms with Crippen LogP contribution in [0.15, 0.2) is 34.6 Å². The third kappa shape index (κ3) is 2.77. The highest BCUT2D eigenvalue weighted by atomic mass is 16.6. The number of ketones is 1.